The van der Waals surface area contributed by atoms with E-state index in [2.05, 4.69) is 60.4 Å². The Hall–Kier alpha value is -1.84. The van der Waals surface area contributed by atoms with Crippen LogP contribution in [0.3, 0.4) is 0 Å². The van der Waals surface area contributed by atoms with Crippen molar-refractivity contribution in [3.63, 3.8) is 0 Å². The molecule has 3 nitrogen and oxygen atoms in total. The van der Waals surface area contributed by atoms with Crippen LogP contribution in [0.25, 0.3) is 0 Å². The molecule has 1 aliphatic heterocycles. The molecule has 0 spiro atoms. The van der Waals surface area contributed by atoms with Crippen molar-refractivity contribution in [2.24, 2.45) is 0 Å². The lowest BCUT2D eigenvalue weighted by atomic mass is 9.77. The van der Waals surface area contributed by atoms with Gasteiger partial charge in [-0.2, -0.15) is 0 Å². The molecule has 1 unspecified atom stereocenters. The summed E-state index contributed by atoms with van der Waals surface area (Å²) in [4.78, 5) is 2.58. The monoisotopic (exact) mass is 351 g/mol. The maximum atomic E-state index is 5.99. The van der Waals surface area contributed by atoms with E-state index in [4.69, 9.17) is 9.47 Å². The highest BCUT2D eigenvalue weighted by Gasteiger charge is 2.45. The number of hydrogen-bond acceptors (Lipinski definition) is 3. The fourth-order valence-electron chi connectivity index (χ4n) is 4.54. The minimum atomic E-state index is -0.237. The first-order valence-corrected chi connectivity index (χ1v) is 10.00. The molecule has 1 aromatic carbocycles. The Morgan fingerprint density at radius 3 is 2.62 bits per heavy atom. The van der Waals surface area contributed by atoms with Crippen molar-refractivity contribution in [1.82, 2.24) is 4.90 Å². The summed E-state index contributed by atoms with van der Waals surface area (Å²) < 4.78 is 11.7. The van der Waals surface area contributed by atoms with E-state index in [-0.39, 0.29) is 5.54 Å². The van der Waals surface area contributed by atoms with Crippen LogP contribution < -0.4 is 0 Å². The Bertz CT molecular complexity index is 713. The smallest absolute Gasteiger partial charge is 0.118 e. The van der Waals surface area contributed by atoms with E-state index >= 15 is 0 Å². The van der Waals surface area contributed by atoms with Gasteiger partial charge in [0.25, 0.3) is 0 Å². The number of ether oxygens (including phenoxy) is 2. The van der Waals surface area contributed by atoms with Crippen LogP contribution in [-0.4, -0.2) is 37.8 Å². The lowest BCUT2D eigenvalue weighted by molar-refractivity contribution is 0.00397. The minimum absolute atomic E-state index is 0.237. The topological polar surface area (TPSA) is 21.7 Å². The van der Waals surface area contributed by atoms with E-state index in [0.29, 0.717) is 6.61 Å². The van der Waals surface area contributed by atoms with Crippen molar-refractivity contribution < 1.29 is 9.47 Å². The maximum absolute atomic E-state index is 5.99. The SMILES string of the molecule is CCOC1=CC(c2ccccc2)(N2CCOCC2)C(C2=CCCCC2)=C1. The van der Waals surface area contributed by atoms with E-state index in [0.717, 1.165) is 38.5 Å². The highest BCUT2D eigenvalue weighted by Crippen LogP contribution is 2.48. The molecule has 3 heteroatoms. The molecule has 138 valence electrons. The van der Waals surface area contributed by atoms with Gasteiger partial charge in [-0.15, -0.1) is 0 Å². The minimum Gasteiger partial charge on any atom is -0.494 e. The Kier molecular flexibility index (Phi) is 5.28. The Labute approximate surface area is 157 Å². The second-order valence-electron chi connectivity index (χ2n) is 7.24. The number of rotatable bonds is 5. The average Bonchev–Trinajstić information content (AvgIpc) is 3.11. The number of nitrogens with zero attached hydrogens (tertiary/aromatic N) is 1. The number of benzene rings is 1. The van der Waals surface area contributed by atoms with Gasteiger partial charge in [0.15, 0.2) is 0 Å². The van der Waals surface area contributed by atoms with Crippen molar-refractivity contribution in [1.29, 1.82) is 0 Å². The summed E-state index contributed by atoms with van der Waals surface area (Å²) >= 11 is 0. The third-order valence-corrected chi connectivity index (χ3v) is 5.72. The molecule has 0 radical (unpaired) electrons. The highest BCUT2D eigenvalue weighted by atomic mass is 16.5. The van der Waals surface area contributed by atoms with Gasteiger partial charge in [0.1, 0.15) is 5.76 Å². The van der Waals surface area contributed by atoms with Crippen LogP contribution >= 0.6 is 0 Å². The first-order valence-electron chi connectivity index (χ1n) is 10.00. The number of hydrogen-bond donors (Lipinski definition) is 0. The van der Waals surface area contributed by atoms with Crippen molar-refractivity contribution in [2.75, 3.05) is 32.9 Å². The predicted molar refractivity (Wildman–Crippen MR) is 105 cm³/mol. The quantitative estimate of drug-likeness (QED) is 0.775. The van der Waals surface area contributed by atoms with Crippen molar-refractivity contribution in [3.05, 3.63) is 71.0 Å². The Balaban J connectivity index is 1.85. The summed E-state index contributed by atoms with van der Waals surface area (Å²) in [6, 6.07) is 10.9. The molecule has 4 rings (SSSR count). The van der Waals surface area contributed by atoms with Gasteiger partial charge in [0.05, 0.1) is 25.4 Å². The number of allylic oxidation sites excluding steroid dienone is 2. The summed E-state index contributed by atoms with van der Waals surface area (Å²) in [7, 11) is 0. The van der Waals surface area contributed by atoms with E-state index in [1.54, 1.807) is 0 Å². The molecule has 3 aliphatic rings. The molecule has 0 N–H and O–H groups in total. The Morgan fingerprint density at radius 1 is 1.12 bits per heavy atom. The maximum Gasteiger partial charge on any atom is 0.118 e. The summed E-state index contributed by atoms with van der Waals surface area (Å²) in [6.45, 7) is 6.22. The van der Waals surface area contributed by atoms with Gasteiger partial charge in [-0.25, -0.2) is 0 Å². The van der Waals surface area contributed by atoms with Crippen LogP contribution in [0.1, 0.15) is 38.2 Å². The van der Waals surface area contributed by atoms with Crippen LogP contribution in [0.2, 0.25) is 0 Å². The first-order chi connectivity index (χ1) is 12.8. The van der Waals surface area contributed by atoms with E-state index in [9.17, 15) is 0 Å². The van der Waals surface area contributed by atoms with Gasteiger partial charge in [0.2, 0.25) is 0 Å². The van der Waals surface area contributed by atoms with Gasteiger partial charge in [-0.05, 0) is 61.5 Å². The molecular formula is C23H29NO2. The van der Waals surface area contributed by atoms with Crippen molar-refractivity contribution >= 4 is 0 Å². The van der Waals surface area contributed by atoms with Crippen molar-refractivity contribution in [2.45, 2.75) is 38.1 Å². The molecule has 0 amide bonds. The van der Waals surface area contributed by atoms with E-state index in [1.807, 2.05) is 0 Å². The molecular weight excluding hydrogens is 322 g/mol. The van der Waals surface area contributed by atoms with Crippen LogP contribution in [0, 0.1) is 0 Å². The predicted octanol–water partition coefficient (Wildman–Crippen LogP) is 4.57. The van der Waals surface area contributed by atoms with Gasteiger partial charge < -0.3 is 9.47 Å². The van der Waals surface area contributed by atoms with Crippen LogP contribution in [0.15, 0.2) is 65.5 Å². The largest absolute Gasteiger partial charge is 0.494 e. The van der Waals surface area contributed by atoms with Gasteiger partial charge in [-0.3, -0.25) is 4.90 Å². The third kappa shape index (κ3) is 3.15. The van der Waals surface area contributed by atoms with Gasteiger partial charge >= 0.3 is 0 Å². The lowest BCUT2D eigenvalue weighted by Gasteiger charge is -2.45. The average molecular weight is 351 g/mol. The third-order valence-electron chi connectivity index (χ3n) is 5.72. The van der Waals surface area contributed by atoms with Crippen LogP contribution in [0.4, 0.5) is 0 Å². The molecule has 0 saturated carbocycles. The van der Waals surface area contributed by atoms with Crippen LogP contribution in [-0.2, 0) is 15.0 Å². The summed E-state index contributed by atoms with van der Waals surface area (Å²) in [5, 5.41) is 0. The summed E-state index contributed by atoms with van der Waals surface area (Å²) in [5.74, 6) is 1.00. The lowest BCUT2D eigenvalue weighted by Crippen LogP contribution is -2.51. The molecule has 1 atom stereocenters. The number of morpholine rings is 1. The molecule has 1 heterocycles. The molecule has 2 aliphatic carbocycles. The fraction of sp³-hybridized carbons (Fsp3) is 0.478. The van der Waals surface area contributed by atoms with Gasteiger partial charge in [0, 0.05) is 13.1 Å². The van der Waals surface area contributed by atoms with Crippen LogP contribution in [0.5, 0.6) is 0 Å². The zero-order chi connectivity index (χ0) is 17.8. The summed E-state index contributed by atoms with van der Waals surface area (Å²) in [6.07, 6.45) is 12.0. The summed E-state index contributed by atoms with van der Waals surface area (Å²) in [5.41, 5.74) is 4.00. The highest BCUT2D eigenvalue weighted by molar-refractivity contribution is 5.57. The molecule has 1 aromatic rings. The first kappa shape index (κ1) is 17.6. The van der Waals surface area contributed by atoms with E-state index < -0.39 is 0 Å². The molecule has 1 saturated heterocycles. The Morgan fingerprint density at radius 2 is 1.92 bits per heavy atom. The fourth-order valence-corrected chi connectivity index (χ4v) is 4.54. The normalized spacial score (nSPS) is 26.9. The molecule has 0 aromatic heterocycles. The van der Waals surface area contributed by atoms with Crippen molar-refractivity contribution in [3.8, 4) is 0 Å². The zero-order valence-electron chi connectivity index (χ0n) is 15.7. The zero-order valence-corrected chi connectivity index (χ0v) is 15.7. The second-order valence-corrected chi connectivity index (χ2v) is 7.24. The molecule has 1 fully saturated rings. The standard InChI is InChI=1S/C23H29NO2/c1-2-26-21-17-22(19-9-5-3-6-10-19)23(18-21,20-11-7-4-8-12-20)24-13-15-25-16-14-24/h4,7-9,11-12,17-18H,2-3,5-6,10,13-16H2,1H3. The molecule has 26 heavy (non-hydrogen) atoms. The second kappa shape index (κ2) is 7.81. The van der Waals surface area contributed by atoms with Gasteiger partial charge in [-0.1, -0.05) is 36.4 Å². The van der Waals surface area contributed by atoms with E-state index in [1.165, 1.54) is 36.0 Å². The molecule has 0 bridgehead atoms.